The molecule has 0 bridgehead atoms. The normalized spacial score (nSPS) is 17.3. The summed E-state index contributed by atoms with van der Waals surface area (Å²) in [6.45, 7) is 5.02. The van der Waals surface area contributed by atoms with Gasteiger partial charge in [0.25, 0.3) is 0 Å². The van der Waals surface area contributed by atoms with Gasteiger partial charge < -0.3 is 5.32 Å². The molecule has 0 aliphatic carbocycles. The number of benzene rings is 3. The minimum atomic E-state index is -3.75. The number of hydrogen-bond acceptors (Lipinski definition) is 3. The van der Waals surface area contributed by atoms with E-state index in [-0.39, 0.29) is 10.8 Å². The van der Waals surface area contributed by atoms with Crippen molar-refractivity contribution in [2.75, 3.05) is 6.54 Å². The molecule has 162 valence electrons. The maximum absolute atomic E-state index is 13.3. The average molecular weight is 437 g/mol. The largest absolute Gasteiger partial charge is 0.351 e. The Morgan fingerprint density at radius 2 is 1.74 bits per heavy atom. The van der Waals surface area contributed by atoms with E-state index in [1.165, 1.54) is 9.87 Å². The molecule has 1 saturated heterocycles. The molecule has 1 amide bonds. The predicted molar refractivity (Wildman–Crippen MR) is 123 cm³/mol. The van der Waals surface area contributed by atoms with Crippen LogP contribution in [-0.4, -0.2) is 31.2 Å². The van der Waals surface area contributed by atoms with Crippen molar-refractivity contribution in [3.05, 3.63) is 77.9 Å². The van der Waals surface area contributed by atoms with Gasteiger partial charge in [0.1, 0.15) is 6.04 Å². The second-order valence-electron chi connectivity index (χ2n) is 8.40. The van der Waals surface area contributed by atoms with Crippen molar-refractivity contribution in [3.8, 4) is 0 Å². The molecule has 1 N–H and O–H groups in total. The highest BCUT2D eigenvalue weighted by atomic mass is 32.2. The number of carbonyl (C=O) groups excluding carboxylic acids is 1. The number of sulfonamides is 1. The zero-order valence-corrected chi connectivity index (χ0v) is 18.7. The summed E-state index contributed by atoms with van der Waals surface area (Å²) in [4.78, 5) is 13.1. The second kappa shape index (κ2) is 8.81. The highest BCUT2D eigenvalue weighted by Crippen LogP contribution is 2.28. The van der Waals surface area contributed by atoms with Gasteiger partial charge in [-0.15, -0.1) is 0 Å². The number of amides is 1. The predicted octanol–water partition coefficient (Wildman–Crippen LogP) is 4.43. The van der Waals surface area contributed by atoms with E-state index < -0.39 is 16.1 Å². The molecule has 0 radical (unpaired) electrons. The number of hydrogen-bond donors (Lipinski definition) is 1. The molecule has 4 rings (SSSR count). The van der Waals surface area contributed by atoms with Gasteiger partial charge in [0.2, 0.25) is 15.9 Å². The molecule has 0 saturated carbocycles. The molecule has 0 aromatic heterocycles. The van der Waals surface area contributed by atoms with Gasteiger partial charge in [-0.1, -0.05) is 68.4 Å². The van der Waals surface area contributed by atoms with Crippen LogP contribution in [0.3, 0.4) is 0 Å². The molecule has 1 heterocycles. The van der Waals surface area contributed by atoms with E-state index >= 15 is 0 Å². The molecule has 1 atom stereocenters. The van der Waals surface area contributed by atoms with Crippen molar-refractivity contribution in [2.45, 2.75) is 50.1 Å². The van der Waals surface area contributed by atoms with Crippen LogP contribution in [0.1, 0.15) is 43.7 Å². The average Bonchev–Trinajstić information content (AvgIpc) is 3.28. The van der Waals surface area contributed by atoms with E-state index in [0.717, 1.165) is 16.3 Å². The summed E-state index contributed by atoms with van der Waals surface area (Å²) < 4.78 is 28.0. The first-order valence-corrected chi connectivity index (χ1v) is 12.2. The third-order valence-electron chi connectivity index (χ3n) is 5.95. The van der Waals surface area contributed by atoms with Gasteiger partial charge in [-0.05, 0) is 52.8 Å². The number of carbonyl (C=O) groups is 1. The molecule has 1 fully saturated rings. The van der Waals surface area contributed by atoms with Gasteiger partial charge in [0.15, 0.2) is 0 Å². The van der Waals surface area contributed by atoms with Crippen molar-refractivity contribution in [2.24, 2.45) is 0 Å². The first-order chi connectivity index (χ1) is 14.9. The lowest BCUT2D eigenvalue weighted by molar-refractivity contribution is -0.124. The Kier molecular flexibility index (Phi) is 6.12. The Morgan fingerprint density at radius 1 is 1.03 bits per heavy atom. The zero-order valence-electron chi connectivity index (χ0n) is 17.9. The third kappa shape index (κ3) is 4.50. The van der Waals surface area contributed by atoms with E-state index in [1.807, 2.05) is 42.5 Å². The molecular formula is C25H28N2O3S. The Bertz CT molecular complexity index is 1190. The summed E-state index contributed by atoms with van der Waals surface area (Å²) in [6, 6.07) is 20.3. The topological polar surface area (TPSA) is 66.5 Å². The molecule has 5 nitrogen and oxygen atoms in total. The lowest BCUT2D eigenvalue weighted by atomic mass is 10.0. The van der Waals surface area contributed by atoms with Crippen LogP contribution in [0.4, 0.5) is 0 Å². The van der Waals surface area contributed by atoms with Crippen molar-refractivity contribution in [3.63, 3.8) is 0 Å². The maximum Gasteiger partial charge on any atom is 0.243 e. The molecule has 6 heteroatoms. The fraction of sp³-hybridized carbons (Fsp3) is 0.320. The van der Waals surface area contributed by atoms with Crippen LogP contribution in [0.2, 0.25) is 0 Å². The van der Waals surface area contributed by atoms with Gasteiger partial charge >= 0.3 is 0 Å². The second-order valence-corrected chi connectivity index (χ2v) is 10.3. The van der Waals surface area contributed by atoms with Crippen LogP contribution in [0, 0.1) is 0 Å². The minimum Gasteiger partial charge on any atom is -0.351 e. The van der Waals surface area contributed by atoms with E-state index in [1.54, 1.807) is 12.1 Å². The van der Waals surface area contributed by atoms with Crippen molar-refractivity contribution < 1.29 is 13.2 Å². The Morgan fingerprint density at radius 3 is 2.45 bits per heavy atom. The molecule has 1 aliphatic rings. The van der Waals surface area contributed by atoms with E-state index in [2.05, 4.69) is 31.3 Å². The van der Waals surface area contributed by atoms with Crippen LogP contribution in [0.25, 0.3) is 10.8 Å². The first-order valence-electron chi connectivity index (χ1n) is 10.7. The summed E-state index contributed by atoms with van der Waals surface area (Å²) in [5, 5.41) is 4.78. The van der Waals surface area contributed by atoms with Gasteiger partial charge in [0, 0.05) is 13.1 Å². The lowest BCUT2D eigenvalue weighted by Gasteiger charge is -2.23. The molecule has 3 aromatic rings. The van der Waals surface area contributed by atoms with E-state index in [4.69, 9.17) is 0 Å². The third-order valence-corrected chi connectivity index (χ3v) is 7.85. The monoisotopic (exact) mass is 436 g/mol. The minimum absolute atomic E-state index is 0.232. The van der Waals surface area contributed by atoms with Crippen LogP contribution < -0.4 is 5.32 Å². The zero-order chi connectivity index (χ0) is 22.0. The van der Waals surface area contributed by atoms with Gasteiger partial charge in [-0.3, -0.25) is 4.79 Å². The number of fused-ring (bicyclic) bond motifs is 1. The van der Waals surface area contributed by atoms with Crippen LogP contribution >= 0.6 is 0 Å². The molecule has 0 spiro atoms. The molecule has 3 aromatic carbocycles. The number of nitrogens with zero attached hydrogens (tertiary/aromatic N) is 1. The summed E-state index contributed by atoms with van der Waals surface area (Å²) in [5.74, 6) is 0.214. The van der Waals surface area contributed by atoms with Crippen molar-refractivity contribution in [1.82, 2.24) is 9.62 Å². The number of rotatable bonds is 6. The van der Waals surface area contributed by atoms with Crippen LogP contribution in [-0.2, 0) is 21.4 Å². The van der Waals surface area contributed by atoms with Crippen LogP contribution in [0.5, 0.6) is 0 Å². The summed E-state index contributed by atoms with van der Waals surface area (Å²) in [5.41, 5.74) is 2.25. The first kappa shape index (κ1) is 21.5. The fourth-order valence-electron chi connectivity index (χ4n) is 4.08. The van der Waals surface area contributed by atoms with Gasteiger partial charge in [0.05, 0.1) is 4.90 Å². The quantitative estimate of drug-likeness (QED) is 0.622. The summed E-state index contributed by atoms with van der Waals surface area (Å²) in [6.07, 6.45) is 1.21. The highest BCUT2D eigenvalue weighted by Gasteiger charge is 2.39. The van der Waals surface area contributed by atoms with Gasteiger partial charge in [-0.25, -0.2) is 8.42 Å². The van der Waals surface area contributed by atoms with Crippen molar-refractivity contribution in [1.29, 1.82) is 0 Å². The van der Waals surface area contributed by atoms with Gasteiger partial charge in [-0.2, -0.15) is 4.31 Å². The molecule has 31 heavy (non-hydrogen) atoms. The number of nitrogens with one attached hydrogen (secondary N) is 1. The Labute approximate surface area is 184 Å². The standard InChI is InChI=1S/C25H28N2O3S/c1-18(2)20-11-9-19(10-12-20)17-26-25(28)24-8-5-15-27(24)31(29,30)23-14-13-21-6-3-4-7-22(21)16-23/h3-4,6-7,9-14,16,18,24H,5,8,15,17H2,1-2H3,(H,26,28)/t24-/m1/s1. The van der Waals surface area contributed by atoms with E-state index in [9.17, 15) is 13.2 Å². The lowest BCUT2D eigenvalue weighted by Crippen LogP contribution is -2.45. The Balaban J connectivity index is 1.48. The summed E-state index contributed by atoms with van der Waals surface area (Å²) in [7, 11) is -3.75. The smallest absolute Gasteiger partial charge is 0.243 e. The Hall–Kier alpha value is -2.70. The maximum atomic E-state index is 13.3. The summed E-state index contributed by atoms with van der Waals surface area (Å²) >= 11 is 0. The SMILES string of the molecule is CC(C)c1ccc(CNC(=O)[C@H]2CCCN2S(=O)(=O)c2ccc3ccccc3c2)cc1. The highest BCUT2D eigenvalue weighted by molar-refractivity contribution is 7.89. The van der Waals surface area contributed by atoms with Crippen LogP contribution in [0.15, 0.2) is 71.6 Å². The van der Waals surface area contributed by atoms with Crippen molar-refractivity contribution >= 4 is 26.7 Å². The molecule has 0 unspecified atom stereocenters. The molecular weight excluding hydrogens is 408 g/mol. The van der Waals surface area contributed by atoms with E-state index in [0.29, 0.717) is 31.8 Å². The molecule has 1 aliphatic heterocycles. The fourth-order valence-corrected chi connectivity index (χ4v) is 5.77.